The number of fused-ring (bicyclic) bond motifs is 1. The Labute approximate surface area is 192 Å². The zero-order chi connectivity index (χ0) is 23.0. The molecule has 0 saturated carbocycles. The number of amides is 3. The molecule has 4 rings (SSSR count). The van der Waals surface area contributed by atoms with Crippen LogP contribution in [0.2, 0.25) is 0 Å². The van der Waals surface area contributed by atoms with Gasteiger partial charge in [0.15, 0.2) is 0 Å². The first-order valence-electron chi connectivity index (χ1n) is 11.1. The molecule has 1 aromatic heterocycles. The number of para-hydroxylation sites is 1. The lowest BCUT2D eigenvalue weighted by Crippen LogP contribution is -2.58. The van der Waals surface area contributed by atoms with E-state index in [0.717, 1.165) is 5.69 Å². The summed E-state index contributed by atoms with van der Waals surface area (Å²) in [6.07, 6.45) is 3.11. The molecule has 2 aromatic rings. The van der Waals surface area contributed by atoms with Crippen molar-refractivity contribution in [3.05, 3.63) is 54.6 Å². The molecule has 2 aliphatic rings. The summed E-state index contributed by atoms with van der Waals surface area (Å²) in [7, 11) is 0. The number of carbonyl (C=O) groups is 2. The third-order valence-corrected chi connectivity index (χ3v) is 5.79. The Morgan fingerprint density at radius 3 is 2.79 bits per heavy atom. The molecular formula is C23H29N5O5. The van der Waals surface area contributed by atoms with Crippen molar-refractivity contribution in [3.63, 3.8) is 0 Å². The summed E-state index contributed by atoms with van der Waals surface area (Å²) in [5.41, 5.74) is 1.41. The van der Waals surface area contributed by atoms with Gasteiger partial charge in [0, 0.05) is 11.9 Å². The summed E-state index contributed by atoms with van der Waals surface area (Å²) in [6.45, 7) is 0.837. The van der Waals surface area contributed by atoms with Crippen LogP contribution in [0.1, 0.15) is 25.0 Å². The number of urea groups is 1. The molecule has 3 amide bonds. The molecule has 2 aliphatic heterocycles. The van der Waals surface area contributed by atoms with Crippen LogP contribution in [0.4, 0.5) is 10.5 Å². The highest BCUT2D eigenvalue weighted by molar-refractivity contribution is 5.89. The first-order chi connectivity index (χ1) is 16.1. The van der Waals surface area contributed by atoms with Crippen LogP contribution in [-0.2, 0) is 20.8 Å². The average molecular weight is 456 g/mol. The Balaban J connectivity index is 1.35. The molecule has 2 saturated heterocycles. The molecule has 0 bridgehead atoms. The van der Waals surface area contributed by atoms with Gasteiger partial charge in [-0.05, 0) is 31.0 Å². The second-order valence-corrected chi connectivity index (χ2v) is 8.26. The lowest BCUT2D eigenvalue weighted by molar-refractivity contribution is -0.149. The average Bonchev–Trinajstić information content (AvgIpc) is 2.82. The molecule has 0 unspecified atom stereocenters. The minimum absolute atomic E-state index is 0.117. The molecule has 0 radical (unpaired) electrons. The largest absolute Gasteiger partial charge is 0.389 e. The fraction of sp³-hybridized carbons (Fsp3) is 0.478. The number of anilines is 1. The lowest BCUT2D eigenvalue weighted by Gasteiger charge is -2.44. The normalized spacial score (nSPS) is 25.3. The van der Waals surface area contributed by atoms with Gasteiger partial charge in [0.05, 0.1) is 56.7 Å². The van der Waals surface area contributed by atoms with E-state index >= 15 is 0 Å². The van der Waals surface area contributed by atoms with Crippen LogP contribution in [0.15, 0.2) is 48.9 Å². The van der Waals surface area contributed by atoms with Gasteiger partial charge in [0.1, 0.15) is 12.4 Å². The van der Waals surface area contributed by atoms with E-state index in [4.69, 9.17) is 9.47 Å². The van der Waals surface area contributed by atoms with Gasteiger partial charge in [0.25, 0.3) is 0 Å². The summed E-state index contributed by atoms with van der Waals surface area (Å²) in [5, 5.41) is 16.0. The van der Waals surface area contributed by atoms with Crippen LogP contribution in [0.5, 0.6) is 0 Å². The van der Waals surface area contributed by atoms with Gasteiger partial charge in [-0.25, -0.2) is 14.8 Å². The number of nitrogens with one attached hydrogen (secondary N) is 2. The van der Waals surface area contributed by atoms with E-state index in [2.05, 4.69) is 20.6 Å². The topological polar surface area (TPSA) is 126 Å². The zero-order valence-electron chi connectivity index (χ0n) is 18.3. The Kier molecular flexibility index (Phi) is 7.82. The Morgan fingerprint density at radius 1 is 1.15 bits per heavy atom. The van der Waals surface area contributed by atoms with Crippen LogP contribution in [0.25, 0.3) is 0 Å². The van der Waals surface area contributed by atoms with Crippen LogP contribution in [-0.4, -0.2) is 76.0 Å². The van der Waals surface area contributed by atoms with E-state index in [1.54, 1.807) is 17.2 Å². The highest BCUT2D eigenvalue weighted by Crippen LogP contribution is 2.28. The van der Waals surface area contributed by atoms with Gasteiger partial charge in [-0.2, -0.15) is 0 Å². The summed E-state index contributed by atoms with van der Waals surface area (Å²) >= 11 is 0. The van der Waals surface area contributed by atoms with Crippen LogP contribution < -0.4 is 10.6 Å². The minimum Gasteiger partial charge on any atom is -0.389 e. The third-order valence-electron chi connectivity index (χ3n) is 5.79. The van der Waals surface area contributed by atoms with E-state index < -0.39 is 6.10 Å². The van der Waals surface area contributed by atoms with Gasteiger partial charge in [-0.15, -0.1) is 0 Å². The number of aliphatic hydroxyl groups is 1. The van der Waals surface area contributed by atoms with E-state index in [1.165, 1.54) is 6.33 Å². The molecule has 3 heterocycles. The van der Waals surface area contributed by atoms with Gasteiger partial charge in [0.2, 0.25) is 5.91 Å². The van der Waals surface area contributed by atoms with Crippen LogP contribution in [0.3, 0.4) is 0 Å². The van der Waals surface area contributed by atoms with Crippen molar-refractivity contribution < 1.29 is 24.2 Å². The van der Waals surface area contributed by atoms with Crippen molar-refractivity contribution in [1.29, 1.82) is 0 Å². The fourth-order valence-electron chi connectivity index (χ4n) is 4.18. The highest BCUT2D eigenvalue weighted by atomic mass is 16.5. The number of aliphatic hydroxyl groups excluding tert-OH is 1. The standard InChI is InChI=1S/C23H29N5O5/c29-18-12-28(23(31)27-16-4-2-1-3-5-16)20-7-6-19(33-21(20)14-32-13-18)10-22(30)25-11-17-8-9-24-15-26-17/h1-5,8-9,15,18-21,29H,6-7,10-14H2,(H,25,30)(H,27,31)/t18-,19+,20-,21+/m0/s1. The van der Waals surface area contributed by atoms with E-state index in [9.17, 15) is 14.7 Å². The number of aromatic nitrogens is 2. The molecule has 2 fully saturated rings. The maximum atomic E-state index is 13.0. The Morgan fingerprint density at radius 2 is 2.00 bits per heavy atom. The van der Waals surface area contributed by atoms with E-state index in [1.807, 2.05) is 30.3 Å². The molecule has 176 valence electrons. The van der Waals surface area contributed by atoms with Crippen molar-refractivity contribution in [2.24, 2.45) is 0 Å². The van der Waals surface area contributed by atoms with Crippen molar-refractivity contribution in [2.75, 3.05) is 25.1 Å². The van der Waals surface area contributed by atoms with E-state index in [0.29, 0.717) is 25.1 Å². The number of hydrogen-bond donors (Lipinski definition) is 3. The molecule has 33 heavy (non-hydrogen) atoms. The number of β-amino-alcohol motifs (C(OH)–C–C–N with tert-alkyl or cyclic N) is 1. The molecule has 0 aliphatic carbocycles. The Hall–Kier alpha value is -3.08. The van der Waals surface area contributed by atoms with E-state index in [-0.39, 0.29) is 56.4 Å². The molecular weight excluding hydrogens is 426 g/mol. The monoisotopic (exact) mass is 455 g/mol. The predicted molar refractivity (Wildman–Crippen MR) is 119 cm³/mol. The van der Waals surface area contributed by atoms with Crippen molar-refractivity contribution in [1.82, 2.24) is 20.2 Å². The smallest absolute Gasteiger partial charge is 0.322 e. The van der Waals surface area contributed by atoms with Crippen LogP contribution in [0, 0.1) is 0 Å². The number of ether oxygens (including phenoxy) is 2. The second kappa shape index (κ2) is 11.2. The van der Waals surface area contributed by atoms with Gasteiger partial charge in [-0.3, -0.25) is 4.79 Å². The van der Waals surface area contributed by atoms with Gasteiger partial charge in [-0.1, -0.05) is 18.2 Å². The number of nitrogens with zero attached hydrogens (tertiary/aromatic N) is 3. The summed E-state index contributed by atoms with van der Waals surface area (Å²) in [4.78, 5) is 35.0. The first-order valence-corrected chi connectivity index (χ1v) is 11.1. The van der Waals surface area contributed by atoms with Crippen molar-refractivity contribution >= 4 is 17.6 Å². The number of rotatable bonds is 5. The quantitative estimate of drug-likeness (QED) is 0.621. The summed E-state index contributed by atoms with van der Waals surface area (Å²) in [5.74, 6) is -0.127. The highest BCUT2D eigenvalue weighted by Gasteiger charge is 2.40. The molecule has 10 nitrogen and oxygen atoms in total. The molecule has 1 aromatic carbocycles. The first kappa shape index (κ1) is 23.1. The molecule has 3 N–H and O–H groups in total. The minimum atomic E-state index is -0.780. The summed E-state index contributed by atoms with van der Waals surface area (Å²) in [6, 6.07) is 10.4. The fourth-order valence-corrected chi connectivity index (χ4v) is 4.18. The molecule has 4 atom stereocenters. The third kappa shape index (κ3) is 6.47. The van der Waals surface area contributed by atoms with Gasteiger partial charge < -0.3 is 30.1 Å². The molecule has 10 heteroatoms. The van der Waals surface area contributed by atoms with Crippen molar-refractivity contribution in [2.45, 2.75) is 50.2 Å². The summed E-state index contributed by atoms with van der Waals surface area (Å²) < 4.78 is 11.8. The lowest BCUT2D eigenvalue weighted by atomic mass is 9.95. The predicted octanol–water partition coefficient (Wildman–Crippen LogP) is 1.32. The SMILES string of the molecule is O=C(C[C@H]1CC[C@H]2[C@@H](COC[C@@H](O)CN2C(=O)Nc2ccccc2)O1)NCc1ccncn1. The Bertz CT molecular complexity index is 916. The second-order valence-electron chi connectivity index (χ2n) is 8.26. The maximum Gasteiger partial charge on any atom is 0.322 e. The maximum absolute atomic E-state index is 13.0. The zero-order valence-corrected chi connectivity index (χ0v) is 18.3. The number of carbonyl (C=O) groups excluding carboxylic acids is 2. The van der Waals surface area contributed by atoms with Crippen molar-refractivity contribution in [3.8, 4) is 0 Å². The number of hydrogen-bond acceptors (Lipinski definition) is 7. The molecule has 0 spiro atoms. The number of benzene rings is 1. The van der Waals surface area contributed by atoms with Crippen LogP contribution >= 0.6 is 0 Å². The van der Waals surface area contributed by atoms with Gasteiger partial charge >= 0.3 is 6.03 Å².